The average Bonchev–Trinajstić information content (AvgIpc) is 3.07. The second-order valence-electron chi connectivity index (χ2n) is 8.05. The van der Waals surface area contributed by atoms with E-state index in [0.29, 0.717) is 32.2 Å². The number of rotatable bonds is 5. The summed E-state index contributed by atoms with van der Waals surface area (Å²) >= 11 is 6.35. The molecule has 0 atom stereocenters. The molecule has 1 amide bonds. The van der Waals surface area contributed by atoms with Crippen LogP contribution in [0, 0.1) is 5.92 Å². The van der Waals surface area contributed by atoms with Gasteiger partial charge in [-0.15, -0.1) is 0 Å². The zero-order valence-electron chi connectivity index (χ0n) is 19.1. The van der Waals surface area contributed by atoms with Crippen molar-refractivity contribution in [1.82, 2.24) is 14.3 Å². The number of fused-ring (bicyclic) bond motifs is 1. The molecule has 2 aromatic heterocycles. The monoisotopic (exact) mass is 504 g/mol. The maximum Gasteiger partial charge on any atom is 0.305 e. The van der Waals surface area contributed by atoms with Gasteiger partial charge in [0.2, 0.25) is 0 Å². The van der Waals surface area contributed by atoms with Crippen molar-refractivity contribution in [3.63, 3.8) is 0 Å². The molecule has 2 aromatic rings. The number of carbonyl (C=O) groups is 2. The molecule has 0 spiro atoms. The summed E-state index contributed by atoms with van der Waals surface area (Å²) in [4.78, 5) is 45.5. The molecule has 2 aliphatic rings. The Labute approximate surface area is 207 Å². The summed E-state index contributed by atoms with van der Waals surface area (Å²) in [5, 5.41) is 16.5. The van der Waals surface area contributed by atoms with Gasteiger partial charge < -0.3 is 15.1 Å². The van der Waals surface area contributed by atoms with Crippen molar-refractivity contribution in [2.45, 2.75) is 33.1 Å². The molecule has 4 rings (SSSR count). The molecule has 0 aliphatic carbocycles. The van der Waals surface area contributed by atoms with Crippen molar-refractivity contribution in [1.29, 1.82) is 0 Å². The van der Waals surface area contributed by atoms with Crippen molar-refractivity contribution in [3.8, 4) is 0 Å². The molecule has 11 heteroatoms. The number of aromatic nitrogens is 2. The summed E-state index contributed by atoms with van der Waals surface area (Å²) in [5.41, 5.74) is 0.638. The van der Waals surface area contributed by atoms with Gasteiger partial charge in [0.1, 0.15) is 15.8 Å². The molecule has 0 saturated carbocycles. The molecule has 0 radical (unpaired) electrons. The minimum atomic E-state index is -1.00. The standard InChI is InChI=1S/C21H22N4O4S2.C2H6O/c1-13-5-9-23(10-6-13)18-14(19(28)24-8-3-2-4-16(24)22-18)12-15-20(29)25(21(30)31-15)11-7-17(26)27;1-2-3/h2-4,8,12-13H,5-7,9-11H2,1H3,(H,26,27);3H,2H2,1H3/b15-12-;. The van der Waals surface area contributed by atoms with Crippen LogP contribution in [0.2, 0.25) is 0 Å². The number of carboxylic acid groups (broad SMARTS) is 1. The topological polar surface area (TPSA) is 115 Å². The molecule has 0 unspecified atom stereocenters. The third-order valence-electron chi connectivity index (χ3n) is 5.53. The second kappa shape index (κ2) is 11.6. The lowest BCUT2D eigenvalue weighted by Crippen LogP contribution is -2.36. The van der Waals surface area contributed by atoms with Crippen LogP contribution in [0.15, 0.2) is 34.1 Å². The van der Waals surface area contributed by atoms with Gasteiger partial charge in [-0.3, -0.25) is 23.7 Å². The van der Waals surface area contributed by atoms with Crippen LogP contribution in [-0.4, -0.2) is 66.9 Å². The predicted molar refractivity (Wildman–Crippen MR) is 137 cm³/mol. The number of thiocarbonyl (C=S) groups is 1. The molecule has 2 aliphatic heterocycles. The number of pyridine rings is 1. The van der Waals surface area contributed by atoms with E-state index in [9.17, 15) is 14.4 Å². The third kappa shape index (κ3) is 5.83. The van der Waals surface area contributed by atoms with E-state index in [-0.39, 0.29) is 31.0 Å². The number of aliphatic hydroxyl groups is 1. The van der Waals surface area contributed by atoms with Gasteiger partial charge in [-0.25, -0.2) is 4.98 Å². The minimum Gasteiger partial charge on any atom is -0.481 e. The Balaban J connectivity index is 0.00000103. The summed E-state index contributed by atoms with van der Waals surface area (Å²) in [5.74, 6) is -0.200. The van der Waals surface area contributed by atoms with Crippen LogP contribution < -0.4 is 10.5 Å². The largest absolute Gasteiger partial charge is 0.481 e. The number of aliphatic carboxylic acids is 1. The molecule has 34 heavy (non-hydrogen) atoms. The molecule has 2 saturated heterocycles. The normalized spacial score (nSPS) is 17.9. The predicted octanol–water partition coefficient (Wildman–Crippen LogP) is 2.61. The molecular weight excluding hydrogens is 476 g/mol. The highest BCUT2D eigenvalue weighted by molar-refractivity contribution is 8.26. The van der Waals surface area contributed by atoms with Gasteiger partial charge in [0, 0.05) is 32.4 Å². The Morgan fingerprint density at radius 2 is 1.97 bits per heavy atom. The van der Waals surface area contributed by atoms with Gasteiger partial charge in [0.05, 0.1) is 16.9 Å². The molecular formula is C23H28N4O5S2. The number of thioether (sulfide) groups is 1. The molecule has 0 bridgehead atoms. The fourth-order valence-electron chi connectivity index (χ4n) is 3.71. The van der Waals surface area contributed by atoms with E-state index in [0.717, 1.165) is 37.7 Å². The number of aliphatic hydroxyl groups excluding tert-OH is 1. The summed E-state index contributed by atoms with van der Waals surface area (Å²) in [7, 11) is 0. The average molecular weight is 505 g/mol. The molecule has 9 nitrogen and oxygen atoms in total. The summed E-state index contributed by atoms with van der Waals surface area (Å²) in [6, 6.07) is 5.37. The van der Waals surface area contributed by atoms with Crippen LogP contribution >= 0.6 is 24.0 Å². The van der Waals surface area contributed by atoms with Crippen LogP contribution in [0.1, 0.15) is 38.7 Å². The smallest absolute Gasteiger partial charge is 0.305 e. The Bertz CT molecular complexity index is 1170. The zero-order valence-corrected chi connectivity index (χ0v) is 20.8. The molecule has 182 valence electrons. The Morgan fingerprint density at radius 1 is 1.29 bits per heavy atom. The molecule has 0 aromatic carbocycles. The van der Waals surface area contributed by atoms with E-state index >= 15 is 0 Å². The lowest BCUT2D eigenvalue weighted by atomic mass is 9.99. The van der Waals surface area contributed by atoms with Crippen LogP contribution in [-0.2, 0) is 9.59 Å². The van der Waals surface area contributed by atoms with Crippen molar-refractivity contribution in [2.24, 2.45) is 5.92 Å². The number of hydrogen-bond acceptors (Lipinski definition) is 8. The second-order valence-corrected chi connectivity index (χ2v) is 9.72. The highest BCUT2D eigenvalue weighted by Gasteiger charge is 2.33. The van der Waals surface area contributed by atoms with E-state index in [4.69, 9.17) is 27.4 Å². The van der Waals surface area contributed by atoms with Gasteiger partial charge in [0.15, 0.2) is 0 Å². The number of carboxylic acids is 1. The van der Waals surface area contributed by atoms with E-state index in [2.05, 4.69) is 11.8 Å². The van der Waals surface area contributed by atoms with Crippen molar-refractivity contribution in [3.05, 3.63) is 45.2 Å². The first-order valence-electron chi connectivity index (χ1n) is 11.1. The molecule has 4 heterocycles. The van der Waals surface area contributed by atoms with E-state index in [1.54, 1.807) is 31.3 Å². The molecule has 2 fully saturated rings. The SMILES string of the molecule is CC1CCN(c2nc3ccccn3c(=O)c2/C=C2\SC(=S)N(CCC(=O)O)C2=O)CC1.CCO. The zero-order chi connectivity index (χ0) is 24.8. The summed E-state index contributed by atoms with van der Waals surface area (Å²) < 4.78 is 1.76. The lowest BCUT2D eigenvalue weighted by Gasteiger charge is -2.32. The molecule has 2 N–H and O–H groups in total. The van der Waals surface area contributed by atoms with Gasteiger partial charge in [-0.05, 0) is 43.9 Å². The van der Waals surface area contributed by atoms with Crippen LogP contribution in [0.5, 0.6) is 0 Å². The van der Waals surface area contributed by atoms with Gasteiger partial charge in [-0.1, -0.05) is 37.0 Å². The van der Waals surface area contributed by atoms with Gasteiger partial charge in [0.25, 0.3) is 11.5 Å². The maximum absolute atomic E-state index is 13.3. The number of anilines is 1. The summed E-state index contributed by atoms with van der Waals surface area (Å²) in [6.07, 6.45) is 5.03. The third-order valence-corrected chi connectivity index (χ3v) is 6.91. The highest BCUT2D eigenvalue weighted by atomic mass is 32.2. The van der Waals surface area contributed by atoms with E-state index < -0.39 is 5.97 Å². The van der Waals surface area contributed by atoms with Gasteiger partial charge >= 0.3 is 5.97 Å². The first-order valence-corrected chi connectivity index (χ1v) is 12.3. The highest BCUT2D eigenvalue weighted by Crippen LogP contribution is 2.34. The Kier molecular flexibility index (Phi) is 8.81. The van der Waals surface area contributed by atoms with Crippen LogP contribution in [0.3, 0.4) is 0 Å². The first-order chi connectivity index (χ1) is 16.3. The quantitative estimate of drug-likeness (QED) is 0.468. The first kappa shape index (κ1) is 25.9. The number of hydrogen-bond donors (Lipinski definition) is 2. The summed E-state index contributed by atoms with van der Waals surface area (Å²) in [6.45, 7) is 5.72. The van der Waals surface area contributed by atoms with Crippen molar-refractivity contribution < 1.29 is 19.8 Å². The maximum atomic E-state index is 13.3. The number of nitrogens with zero attached hydrogens (tertiary/aromatic N) is 4. The van der Waals surface area contributed by atoms with Gasteiger partial charge in [-0.2, -0.15) is 0 Å². The fourth-order valence-corrected chi connectivity index (χ4v) is 5.00. The Hall–Kier alpha value is -2.76. The van der Waals surface area contributed by atoms with Crippen LogP contribution in [0.25, 0.3) is 11.7 Å². The van der Waals surface area contributed by atoms with Crippen LogP contribution in [0.4, 0.5) is 5.82 Å². The van der Waals surface area contributed by atoms with Crippen molar-refractivity contribution in [2.75, 3.05) is 31.1 Å². The number of piperidine rings is 1. The Morgan fingerprint density at radius 3 is 2.62 bits per heavy atom. The minimum absolute atomic E-state index is 0.00314. The van der Waals surface area contributed by atoms with E-state index in [1.165, 1.54) is 9.30 Å². The number of carbonyl (C=O) groups excluding carboxylic acids is 1. The fraction of sp³-hybridized carbons (Fsp3) is 0.435. The number of amides is 1. The van der Waals surface area contributed by atoms with E-state index in [1.807, 2.05) is 6.07 Å². The van der Waals surface area contributed by atoms with Crippen molar-refractivity contribution >= 4 is 57.7 Å². The lowest BCUT2D eigenvalue weighted by molar-refractivity contribution is -0.137.